The van der Waals surface area contributed by atoms with Crippen LogP contribution < -0.4 is 5.32 Å². The second-order valence-electron chi connectivity index (χ2n) is 4.08. The maximum atomic E-state index is 5.71. The summed E-state index contributed by atoms with van der Waals surface area (Å²) in [6, 6.07) is 16.7. The van der Waals surface area contributed by atoms with Crippen molar-refractivity contribution in [3.63, 3.8) is 0 Å². The van der Waals surface area contributed by atoms with Gasteiger partial charge in [0.05, 0.1) is 0 Å². The van der Waals surface area contributed by atoms with Gasteiger partial charge in [0.2, 0.25) is 0 Å². The number of alkyl halides is 1. The van der Waals surface area contributed by atoms with Gasteiger partial charge >= 0.3 is 0 Å². The molecule has 0 fully saturated rings. The van der Waals surface area contributed by atoms with Gasteiger partial charge in [-0.05, 0) is 35.7 Å². The van der Waals surface area contributed by atoms with Crippen LogP contribution in [0.3, 0.4) is 0 Å². The second kappa shape index (κ2) is 6.81. The molecule has 0 aliphatic heterocycles. The van der Waals surface area contributed by atoms with Crippen molar-refractivity contribution in [3.05, 3.63) is 64.1 Å². The largest absolute Gasteiger partial charge is 0.381 e. The maximum absolute atomic E-state index is 5.71. The van der Waals surface area contributed by atoms with E-state index >= 15 is 0 Å². The first-order valence-electron chi connectivity index (χ1n) is 5.92. The molecular formula is C15H15BrClN. The van der Waals surface area contributed by atoms with Crippen molar-refractivity contribution in [1.82, 2.24) is 0 Å². The summed E-state index contributed by atoms with van der Waals surface area (Å²) in [5, 5.41) is 3.41. The van der Waals surface area contributed by atoms with Gasteiger partial charge in [0, 0.05) is 22.6 Å². The number of hydrogen-bond acceptors (Lipinski definition) is 1. The van der Waals surface area contributed by atoms with Crippen LogP contribution in [0.2, 0.25) is 0 Å². The van der Waals surface area contributed by atoms with E-state index in [0.717, 1.165) is 23.1 Å². The highest BCUT2D eigenvalue weighted by Crippen LogP contribution is 2.18. The smallest absolute Gasteiger partial charge is 0.0411 e. The maximum Gasteiger partial charge on any atom is 0.0411 e. The molecule has 0 spiro atoms. The van der Waals surface area contributed by atoms with Crippen LogP contribution in [-0.4, -0.2) is 5.88 Å². The van der Waals surface area contributed by atoms with Crippen LogP contribution in [-0.2, 0) is 13.0 Å². The van der Waals surface area contributed by atoms with Crippen molar-refractivity contribution < 1.29 is 0 Å². The zero-order valence-corrected chi connectivity index (χ0v) is 12.3. The average Bonchev–Trinajstić information content (AvgIpc) is 2.40. The van der Waals surface area contributed by atoms with Gasteiger partial charge < -0.3 is 5.32 Å². The van der Waals surface area contributed by atoms with E-state index in [9.17, 15) is 0 Å². The Balaban J connectivity index is 1.96. The third-order valence-corrected chi connectivity index (χ3v) is 3.74. The Morgan fingerprint density at radius 3 is 2.39 bits per heavy atom. The molecule has 0 unspecified atom stereocenters. The van der Waals surface area contributed by atoms with Crippen LogP contribution in [0.4, 0.5) is 5.69 Å². The first-order valence-corrected chi connectivity index (χ1v) is 7.24. The summed E-state index contributed by atoms with van der Waals surface area (Å²) >= 11 is 9.26. The lowest BCUT2D eigenvalue weighted by Gasteiger charge is -2.08. The predicted molar refractivity (Wildman–Crippen MR) is 82.3 cm³/mol. The van der Waals surface area contributed by atoms with E-state index < -0.39 is 0 Å². The molecule has 0 aliphatic rings. The molecule has 1 N–H and O–H groups in total. The molecule has 2 rings (SSSR count). The summed E-state index contributed by atoms with van der Waals surface area (Å²) in [4.78, 5) is 0. The Hall–Kier alpha value is -0.990. The van der Waals surface area contributed by atoms with Crippen molar-refractivity contribution in [3.8, 4) is 0 Å². The van der Waals surface area contributed by atoms with E-state index in [1.807, 2.05) is 12.1 Å². The summed E-state index contributed by atoms with van der Waals surface area (Å²) < 4.78 is 1.14. The van der Waals surface area contributed by atoms with E-state index in [1.165, 1.54) is 11.1 Å². The molecule has 0 saturated carbocycles. The highest BCUT2D eigenvalue weighted by Gasteiger charge is 1.98. The van der Waals surface area contributed by atoms with E-state index in [2.05, 4.69) is 57.6 Å². The van der Waals surface area contributed by atoms with E-state index in [4.69, 9.17) is 11.6 Å². The van der Waals surface area contributed by atoms with Crippen LogP contribution >= 0.6 is 27.5 Å². The van der Waals surface area contributed by atoms with Gasteiger partial charge in [-0.3, -0.25) is 0 Å². The molecule has 0 atom stereocenters. The van der Waals surface area contributed by atoms with Crippen molar-refractivity contribution in [2.24, 2.45) is 0 Å². The first kappa shape index (κ1) is 13.4. The monoisotopic (exact) mass is 323 g/mol. The molecule has 94 valence electrons. The highest BCUT2D eigenvalue weighted by atomic mass is 79.9. The zero-order valence-electron chi connectivity index (χ0n) is 10.00. The standard InChI is InChI=1S/C15H15BrClN/c16-15-4-2-1-3-13(15)11-18-14-7-5-12(6-8-14)9-10-17/h1-8,18H,9-11H2. The van der Waals surface area contributed by atoms with Crippen LogP contribution in [0.15, 0.2) is 53.0 Å². The van der Waals surface area contributed by atoms with Gasteiger partial charge in [-0.15, -0.1) is 11.6 Å². The van der Waals surface area contributed by atoms with Gasteiger partial charge in [0.25, 0.3) is 0 Å². The molecule has 3 heteroatoms. The Labute approximate surface area is 121 Å². The molecule has 0 bridgehead atoms. The van der Waals surface area contributed by atoms with Crippen molar-refractivity contribution in [2.75, 3.05) is 11.2 Å². The normalized spacial score (nSPS) is 10.3. The van der Waals surface area contributed by atoms with Crippen molar-refractivity contribution in [2.45, 2.75) is 13.0 Å². The fourth-order valence-corrected chi connectivity index (χ4v) is 2.38. The molecule has 0 aliphatic carbocycles. The van der Waals surface area contributed by atoms with Gasteiger partial charge in [0.1, 0.15) is 0 Å². The topological polar surface area (TPSA) is 12.0 Å². The summed E-state index contributed by atoms with van der Waals surface area (Å²) in [5.41, 5.74) is 3.66. The fourth-order valence-electron chi connectivity index (χ4n) is 1.74. The van der Waals surface area contributed by atoms with Crippen molar-refractivity contribution >= 4 is 33.2 Å². The minimum absolute atomic E-state index is 0.670. The SMILES string of the molecule is ClCCc1ccc(NCc2ccccc2Br)cc1. The summed E-state index contributed by atoms with van der Waals surface area (Å²) in [6.07, 6.45) is 0.923. The molecule has 2 aromatic carbocycles. The Kier molecular flexibility index (Phi) is 5.09. The van der Waals surface area contributed by atoms with E-state index in [-0.39, 0.29) is 0 Å². The van der Waals surface area contributed by atoms with Gasteiger partial charge in [-0.2, -0.15) is 0 Å². The summed E-state index contributed by atoms with van der Waals surface area (Å²) in [5.74, 6) is 0.670. The minimum Gasteiger partial charge on any atom is -0.381 e. The summed E-state index contributed by atoms with van der Waals surface area (Å²) in [6.45, 7) is 0.816. The molecule has 0 heterocycles. The number of aryl methyl sites for hydroxylation is 1. The van der Waals surface area contributed by atoms with Gasteiger partial charge in [-0.25, -0.2) is 0 Å². The highest BCUT2D eigenvalue weighted by molar-refractivity contribution is 9.10. The van der Waals surface area contributed by atoms with E-state index in [1.54, 1.807) is 0 Å². The minimum atomic E-state index is 0.670. The van der Waals surface area contributed by atoms with Gasteiger partial charge in [0.15, 0.2) is 0 Å². The fraction of sp³-hybridized carbons (Fsp3) is 0.200. The molecule has 0 amide bonds. The molecular weight excluding hydrogens is 310 g/mol. The first-order chi connectivity index (χ1) is 8.79. The third kappa shape index (κ3) is 3.76. The predicted octanol–water partition coefficient (Wildman–Crippen LogP) is 4.84. The van der Waals surface area contributed by atoms with Crippen molar-refractivity contribution in [1.29, 1.82) is 0 Å². The Morgan fingerprint density at radius 1 is 1.00 bits per heavy atom. The lowest BCUT2D eigenvalue weighted by atomic mass is 10.1. The number of anilines is 1. The molecule has 0 aromatic heterocycles. The quantitative estimate of drug-likeness (QED) is 0.776. The number of hydrogen-bond donors (Lipinski definition) is 1. The van der Waals surface area contributed by atoms with Gasteiger partial charge in [-0.1, -0.05) is 46.3 Å². The second-order valence-corrected chi connectivity index (χ2v) is 5.31. The molecule has 18 heavy (non-hydrogen) atoms. The average molecular weight is 325 g/mol. The molecule has 2 aromatic rings. The Morgan fingerprint density at radius 2 is 1.72 bits per heavy atom. The summed E-state index contributed by atoms with van der Waals surface area (Å²) in [7, 11) is 0. The van der Waals surface area contributed by atoms with Crippen LogP contribution in [0.25, 0.3) is 0 Å². The number of benzene rings is 2. The molecule has 0 radical (unpaired) electrons. The zero-order chi connectivity index (χ0) is 12.8. The number of rotatable bonds is 5. The molecule has 0 saturated heterocycles. The van der Waals surface area contributed by atoms with Crippen LogP contribution in [0, 0.1) is 0 Å². The van der Waals surface area contributed by atoms with E-state index in [0.29, 0.717) is 5.88 Å². The molecule has 1 nitrogen and oxygen atoms in total. The Bertz CT molecular complexity index is 496. The third-order valence-electron chi connectivity index (χ3n) is 2.78. The number of nitrogens with one attached hydrogen (secondary N) is 1. The lowest BCUT2D eigenvalue weighted by Crippen LogP contribution is -2.00. The number of halogens is 2. The van der Waals surface area contributed by atoms with Crippen LogP contribution in [0.1, 0.15) is 11.1 Å². The van der Waals surface area contributed by atoms with Crippen LogP contribution in [0.5, 0.6) is 0 Å². The lowest BCUT2D eigenvalue weighted by molar-refractivity contribution is 1.12.